The van der Waals surface area contributed by atoms with E-state index in [1.807, 2.05) is 0 Å². The average Bonchev–Trinajstić information content (AvgIpc) is 3.13. The van der Waals surface area contributed by atoms with Crippen molar-refractivity contribution in [3.05, 3.63) is 30.7 Å². The highest BCUT2D eigenvalue weighted by Crippen LogP contribution is 2.53. The van der Waals surface area contributed by atoms with Crippen molar-refractivity contribution in [1.82, 2.24) is 0 Å². The first-order valence-corrected chi connectivity index (χ1v) is 7.23. The number of aliphatic hydroxyl groups is 2. The minimum Gasteiger partial charge on any atom is -0.394 e. The molecule has 1 heterocycles. The summed E-state index contributed by atoms with van der Waals surface area (Å²) in [6.07, 6.45) is -1.28. The fourth-order valence-electron chi connectivity index (χ4n) is 1.79. The van der Waals surface area contributed by atoms with Gasteiger partial charge in [0.05, 0.1) is 43.9 Å². The van der Waals surface area contributed by atoms with Crippen molar-refractivity contribution in [2.24, 2.45) is 0 Å². The van der Waals surface area contributed by atoms with Gasteiger partial charge in [-0.05, 0) is 0 Å². The van der Waals surface area contributed by atoms with Crippen LogP contribution in [0.3, 0.4) is 0 Å². The zero-order valence-corrected chi connectivity index (χ0v) is 13.1. The molecule has 0 saturated carbocycles. The number of hydrogen-bond donors (Lipinski definition) is 2. The molecule has 3 unspecified atom stereocenters. The van der Waals surface area contributed by atoms with E-state index in [9.17, 15) is 5.11 Å². The molecule has 1 saturated heterocycles. The maximum absolute atomic E-state index is 9.36. The lowest BCUT2D eigenvalue weighted by Crippen LogP contribution is -2.14. The predicted octanol–water partition coefficient (Wildman–Crippen LogP) is 4.14. The second kappa shape index (κ2) is 6.12. The quantitative estimate of drug-likeness (QED) is 0.478. The molecule has 2 N–H and O–H groups in total. The van der Waals surface area contributed by atoms with Gasteiger partial charge in [0.15, 0.2) is 0 Å². The summed E-state index contributed by atoms with van der Waals surface area (Å²) in [4.78, 5) is 0. The number of benzene rings is 1. The normalized spacial score (nSPS) is 23.5. The molecule has 19 heavy (non-hydrogen) atoms. The molecule has 0 radical (unpaired) electrons. The second-order valence-electron chi connectivity index (χ2n) is 4.15. The van der Waals surface area contributed by atoms with Gasteiger partial charge in [0.25, 0.3) is 0 Å². The molecule has 0 spiro atoms. The van der Waals surface area contributed by atoms with Crippen molar-refractivity contribution >= 4 is 58.0 Å². The van der Waals surface area contributed by atoms with Crippen molar-refractivity contribution in [2.75, 3.05) is 6.61 Å². The maximum atomic E-state index is 9.36. The van der Waals surface area contributed by atoms with Crippen LogP contribution in [0.1, 0.15) is 18.1 Å². The lowest BCUT2D eigenvalue weighted by Gasteiger charge is -2.11. The second-order valence-corrected chi connectivity index (χ2v) is 6.04. The van der Waals surface area contributed by atoms with Crippen LogP contribution < -0.4 is 0 Å². The topological polar surface area (TPSA) is 53.0 Å². The highest BCUT2D eigenvalue weighted by atomic mass is 35.5. The third kappa shape index (κ3) is 3.09. The summed E-state index contributed by atoms with van der Waals surface area (Å²) >= 11 is 30.0. The van der Waals surface area contributed by atoms with E-state index in [0.29, 0.717) is 5.56 Å². The van der Waals surface area contributed by atoms with E-state index in [4.69, 9.17) is 67.8 Å². The molecule has 3 atom stereocenters. The Balaban J connectivity index is 2.28. The Kier molecular flexibility index (Phi) is 5.13. The molecule has 1 fully saturated rings. The van der Waals surface area contributed by atoms with Gasteiger partial charge in [-0.15, -0.1) is 0 Å². The summed E-state index contributed by atoms with van der Waals surface area (Å²) in [6.45, 7) is -0.337. The minimum absolute atomic E-state index is 0.0923. The van der Waals surface area contributed by atoms with Gasteiger partial charge in [0, 0.05) is 12.0 Å². The van der Waals surface area contributed by atoms with Crippen LogP contribution in [0, 0.1) is 0 Å². The number of hydrogen-bond acceptors (Lipinski definition) is 3. The molecule has 1 aromatic carbocycles. The molecule has 2 rings (SSSR count). The van der Waals surface area contributed by atoms with Gasteiger partial charge < -0.3 is 14.9 Å². The highest BCUT2D eigenvalue weighted by Gasteiger charge is 2.44. The first-order chi connectivity index (χ1) is 8.88. The van der Waals surface area contributed by atoms with E-state index >= 15 is 0 Å². The van der Waals surface area contributed by atoms with Crippen molar-refractivity contribution in [1.29, 1.82) is 0 Å². The Morgan fingerprint density at radius 3 is 1.89 bits per heavy atom. The van der Waals surface area contributed by atoms with Crippen molar-refractivity contribution < 1.29 is 14.9 Å². The summed E-state index contributed by atoms with van der Waals surface area (Å²) in [5.74, 6) is 0. The first-order valence-electron chi connectivity index (χ1n) is 5.34. The van der Waals surface area contributed by atoms with E-state index < -0.39 is 12.2 Å². The average molecular weight is 366 g/mol. The van der Waals surface area contributed by atoms with Gasteiger partial charge in [-0.1, -0.05) is 58.0 Å². The number of epoxide rings is 1. The molecule has 106 valence electrons. The van der Waals surface area contributed by atoms with E-state index in [1.165, 1.54) is 0 Å². The largest absolute Gasteiger partial charge is 0.394 e. The standard InChI is InChI=1S/C11H9Cl5O3/c12-6-5(7(13)9(15)10(16)8(6)14)11-4(19-11)1-3(18)2-17/h3-4,11,17-18H,1-2H2. The number of aliphatic hydroxyl groups excluding tert-OH is 2. The van der Waals surface area contributed by atoms with Gasteiger partial charge in [-0.2, -0.15) is 0 Å². The predicted molar refractivity (Wildman–Crippen MR) is 76.8 cm³/mol. The Morgan fingerprint density at radius 2 is 1.42 bits per heavy atom. The molecule has 1 aliphatic rings. The maximum Gasteiger partial charge on any atom is 0.112 e. The summed E-state index contributed by atoms with van der Waals surface area (Å²) in [5.41, 5.74) is 0.456. The summed E-state index contributed by atoms with van der Waals surface area (Å²) < 4.78 is 5.39. The number of rotatable bonds is 4. The van der Waals surface area contributed by atoms with Crippen LogP contribution in [0.5, 0.6) is 0 Å². The lowest BCUT2D eigenvalue weighted by molar-refractivity contribution is 0.0814. The van der Waals surface area contributed by atoms with Crippen LogP contribution in [0.2, 0.25) is 25.1 Å². The Morgan fingerprint density at radius 1 is 0.947 bits per heavy atom. The fourth-order valence-corrected chi connectivity index (χ4v) is 3.16. The molecule has 0 bridgehead atoms. The Labute approximate surface area is 134 Å². The van der Waals surface area contributed by atoms with Crippen LogP contribution in [0.25, 0.3) is 0 Å². The molecule has 0 amide bonds. The molecule has 0 aromatic heterocycles. The van der Waals surface area contributed by atoms with Crippen LogP contribution in [0.4, 0.5) is 0 Å². The number of ether oxygens (including phenoxy) is 1. The molecule has 0 aliphatic carbocycles. The smallest absolute Gasteiger partial charge is 0.112 e. The van der Waals surface area contributed by atoms with E-state index in [-0.39, 0.29) is 44.2 Å². The molecular weight excluding hydrogens is 357 g/mol. The third-order valence-electron chi connectivity index (χ3n) is 2.83. The fraction of sp³-hybridized carbons (Fsp3) is 0.455. The van der Waals surface area contributed by atoms with E-state index in [0.717, 1.165) is 0 Å². The van der Waals surface area contributed by atoms with E-state index in [1.54, 1.807) is 0 Å². The van der Waals surface area contributed by atoms with Crippen LogP contribution in [-0.4, -0.2) is 29.0 Å². The van der Waals surface area contributed by atoms with E-state index in [2.05, 4.69) is 0 Å². The summed E-state index contributed by atoms with van der Waals surface area (Å²) in [6, 6.07) is 0. The third-order valence-corrected chi connectivity index (χ3v) is 5.13. The van der Waals surface area contributed by atoms with Crippen LogP contribution >= 0.6 is 58.0 Å². The van der Waals surface area contributed by atoms with Crippen molar-refractivity contribution in [3.63, 3.8) is 0 Å². The molecular formula is C11H9Cl5O3. The van der Waals surface area contributed by atoms with Crippen LogP contribution in [-0.2, 0) is 4.74 Å². The van der Waals surface area contributed by atoms with Crippen LogP contribution in [0.15, 0.2) is 0 Å². The summed E-state index contributed by atoms with van der Waals surface area (Å²) in [5, 5.41) is 18.8. The van der Waals surface area contributed by atoms with Gasteiger partial charge >= 0.3 is 0 Å². The van der Waals surface area contributed by atoms with Gasteiger partial charge in [-0.25, -0.2) is 0 Å². The SMILES string of the molecule is OCC(O)CC1OC1c1c(Cl)c(Cl)c(Cl)c(Cl)c1Cl. The monoisotopic (exact) mass is 364 g/mol. The van der Waals surface area contributed by atoms with Gasteiger partial charge in [0.2, 0.25) is 0 Å². The zero-order chi connectivity index (χ0) is 14.3. The molecule has 8 heteroatoms. The van der Waals surface area contributed by atoms with Gasteiger partial charge in [0.1, 0.15) is 6.10 Å². The zero-order valence-electron chi connectivity index (χ0n) is 9.34. The lowest BCUT2D eigenvalue weighted by atomic mass is 10.1. The Hall–Kier alpha value is 0.550. The highest BCUT2D eigenvalue weighted by molar-refractivity contribution is 6.55. The number of halogens is 5. The Bertz CT molecular complexity index is 479. The summed E-state index contributed by atoms with van der Waals surface area (Å²) in [7, 11) is 0. The molecule has 1 aromatic rings. The van der Waals surface area contributed by atoms with Gasteiger partial charge in [-0.3, -0.25) is 0 Å². The first kappa shape index (κ1) is 15.9. The van der Waals surface area contributed by atoms with Crippen molar-refractivity contribution in [2.45, 2.75) is 24.7 Å². The molecule has 3 nitrogen and oxygen atoms in total. The molecule has 1 aliphatic heterocycles. The minimum atomic E-state index is -0.856. The van der Waals surface area contributed by atoms with Crippen molar-refractivity contribution in [3.8, 4) is 0 Å².